The fourth-order valence-corrected chi connectivity index (χ4v) is 1.81. The van der Waals surface area contributed by atoms with E-state index < -0.39 is 11.7 Å². The quantitative estimate of drug-likeness (QED) is 0.580. The van der Waals surface area contributed by atoms with Crippen molar-refractivity contribution < 1.29 is 13.9 Å². The molecule has 1 aromatic heterocycles. The van der Waals surface area contributed by atoms with Gasteiger partial charge in [-0.05, 0) is 45.4 Å². The monoisotopic (exact) mass is 306 g/mol. The second kappa shape index (κ2) is 6.55. The Hall–Kier alpha value is -2.44. The van der Waals surface area contributed by atoms with Crippen LogP contribution in [0.25, 0.3) is 11.1 Å². The van der Waals surface area contributed by atoms with E-state index in [9.17, 15) is 4.79 Å². The predicted octanol–water partition coefficient (Wildman–Crippen LogP) is 2.74. The Morgan fingerprint density at radius 1 is 1.36 bits per heavy atom. The lowest BCUT2D eigenvalue weighted by molar-refractivity contribution is 0.0528. The highest BCUT2D eigenvalue weighted by Crippen LogP contribution is 2.20. The molecule has 1 amide bonds. The van der Waals surface area contributed by atoms with Crippen LogP contribution in [0.5, 0.6) is 0 Å². The molecule has 4 N–H and O–H groups in total. The molecule has 0 saturated heterocycles. The molecule has 0 fully saturated rings. The third-order valence-electron chi connectivity index (χ3n) is 2.71. The molecule has 0 spiro atoms. The summed E-state index contributed by atoms with van der Waals surface area (Å²) in [4.78, 5) is 15.7. The largest absolute Gasteiger partial charge is 0.444 e. The molecule has 0 aliphatic heterocycles. The number of alkyl carbamates (subject to hydrolysis) is 1. The molecule has 1 heterocycles. The van der Waals surface area contributed by atoms with Gasteiger partial charge in [-0.1, -0.05) is 0 Å². The Morgan fingerprint density at radius 3 is 2.86 bits per heavy atom. The van der Waals surface area contributed by atoms with E-state index in [0.717, 1.165) is 11.9 Å². The van der Waals surface area contributed by atoms with Crippen LogP contribution in [0.15, 0.2) is 22.6 Å². The molecule has 0 atom stereocenters. The number of rotatable bonds is 5. The molecule has 2 rings (SSSR count). The number of ether oxygens (including phenoxy) is 1. The number of nitrogens with two attached hydrogens (primary N) is 1. The van der Waals surface area contributed by atoms with Crippen LogP contribution < -0.4 is 16.4 Å². The topological polar surface area (TPSA) is 102 Å². The maximum atomic E-state index is 11.4. The van der Waals surface area contributed by atoms with E-state index in [1.807, 2.05) is 20.8 Å². The van der Waals surface area contributed by atoms with Gasteiger partial charge in [0.05, 0.1) is 0 Å². The van der Waals surface area contributed by atoms with Crippen molar-refractivity contribution in [3.8, 4) is 0 Å². The molecular formula is C15H22N4O3. The summed E-state index contributed by atoms with van der Waals surface area (Å²) in [6.07, 6.45) is 0.310. The standard InChI is InChI=1S/C15H22N4O3/c1-15(2,3)22-14(20)18-8-4-7-17-13-19-11-9-10(16)5-6-12(11)21-13/h5-6,9H,4,7-8,16H2,1-3H3,(H,17,19)(H,18,20). The molecule has 0 aliphatic rings. The number of hydrogen-bond donors (Lipinski definition) is 3. The van der Waals surface area contributed by atoms with E-state index in [4.69, 9.17) is 14.9 Å². The first-order valence-electron chi connectivity index (χ1n) is 7.20. The summed E-state index contributed by atoms with van der Waals surface area (Å²) in [6.45, 7) is 6.61. The summed E-state index contributed by atoms with van der Waals surface area (Å²) in [5.74, 6) is 0. The van der Waals surface area contributed by atoms with Gasteiger partial charge >= 0.3 is 6.09 Å². The molecule has 2 aromatic rings. The Balaban J connectivity index is 1.71. The molecule has 120 valence electrons. The van der Waals surface area contributed by atoms with E-state index in [0.29, 0.717) is 30.4 Å². The first-order valence-corrected chi connectivity index (χ1v) is 7.20. The van der Waals surface area contributed by atoms with E-state index in [1.165, 1.54) is 0 Å². The SMILES string of the molecule is CC(C)(C)OC(=O)NCCCNc1nc2cc(N)ccc2o1. The number of benzene rings is 1. The van der Waals surface area contributed by atoms with Crippen LogP contribution in [-0.2, 0) is 4.74 Å². The minimum Gasteiger partial charge on any atom is -0.444 e. The lowest BCUT2D eigenvalue weighted by Gasteiger charge is -2.19. The van der Waals surface area contributed by atoms with Gasteiger partial charge in [-0.15, -0.1) is 0 Å². The van der Waals surface area contributed by atoms with Crippen LogP contribution in [0.2, 0.25) is 0 Å². The van der Waals surface area contributed by atoms with E-state index in [-0.39, 0.29) is 0 Å². The highest BCUT2D eigenvalue weighted by atomic mass is 16.6. The van der Waals surface area contributed by atoms with Crippen LogP contribution in [0.1, 0.15) is 27.2 Å². The van der Waals surface area contributed by atoms with Crippen molar-refractivity contribution in [2.24, 2.45) is 0 Å². The molecular weight excluding hydrogens is 284 g/mol. The van der Waals surface area contributed by atoms with E-state index in [2.05, 4.69) is 15.6 Å². The average molecular weight is 306 g/mol. The minimum atomic E-state index is -0.484. The number of oxazole rings is 1. The third-order valence-corrected chi connectivity index (χ3v) is 2.71. The van der Waals surface area contributed by atoms with Gasteiger partial charge in [0.2, 0.25) is 0 Å². The fourth-order valence-electron chi connectivity index (χ4n) is 1.81. The van der Waals surface area contributed by atoms with E-state index in [1.54, 1.807) is 18.2 Å². The van der Waals surface area contributed by atoms with Gasteiger partial charge in [-0.25, -0.2) is 4.79 Å². The number of anilines is 2. The second-order valence-electron chi connectivity index (χ2n) is 5.96. The zero-order valence-electron chi connectivity index (χ0n) is 13.1. The van der Waals surface area contributed by atoms with Crippen LogP contribution in [0.4, 0.5) is 16.5 Å². The van der Waals surface area contributed by atoms with Gasteiger partial charge < -0.3 is 25.5 Å². The lowest BCUT2D eigenvalue weighted by atomic mass is 10.2. The predicted molar refractivity (Wildman–Crippen MR) is 85.8 cm³/mol. The summed E-state index contributed by atoms with van der Waals surface area (Å²) in [5, 5.41) is 5.76. The average Bonchev–Trinajstić information content (AvgIpc) is 2.78. The van der Waals surface area contributed by atoms with Gasteiger partial charge in [-0.2, -0.15) is 4.98 Å². The summed E-state index contributed by atoms with van der Waals surface area (Å²) < 4.78 is 10.7. The van der Waals surface area contributed by atoms with Crippen molar-refractivity contribution in [3.63, 3.8) is 0 Å². The maximum Gasteiger partial charge on any atom is 0.407 e. The van der Waals surface area contributed by atoms with Crippen LogP contribution in [-0.4, -0.2) is 29.8 Å². The summed E-state index contributed by atoms with van der Waals surface area (Å²) in [5.41, 5.74) is 7.25. The normalized spacial score (nSPS) is 11.4. The van der Waals surface area contributed by atoms with Crippen LogP contribution in [0, 0.1) is 0 Å². The van der Waals surface area contributed by atoms with Crippen molar-refractivity contribution in [2.45, 2.75) is 32.8 Å². The van der Waals surface area contributed by atoms with Gasteiger partial charge in [0.15, 0.2) is 5.58 Å². The Kier molecular flexibility index (Phi) is 4.75. The first kappa shape index (κ1) is 15.9. The molecule has 0 radical (unpaired) electrons. The van der Waals surface area contributed by atoms with Gasteiger partial charge in [0, 0.05) is 18.8 Å². The maximum absolute atomic E-state index is 11.4. The number of aromatic nitrogens is 1. The number of carbonyl (C=O) groups is 1. The first-order chi connectivity index (χ1) is 10.3. The smallest absolute Gasteiger partial charge is 0.407 e. The molecule has 0 bridgehead atoms. The van der Waals surface area contributed by atoms with Crippen molar-refractivity contribution in [3.05, 3.63) is 18.2 Å². The molecule has 7 heteroatoms. The highest BCUT2D eigenvalue weighted by molar-refractivity contribution is 5.78. The van der Waals surface area contributed by atoms with Crippen molar-refractivity contribution in [1.82, 2.24) is 10.3 Å². The van der Waals surface area contributed by atoms with Crippen LogP contribution in [0.3, 0.4) is 0 Å². The third kappa shape index (κ3) is 4.83. The lowest BCUT2D eigenvalue weighted by Crippen LogP contribution is -2.33. The molecule has 22 heavy (non-hydrogen) atoms. The number of nitrogen functional groups attached to an aromatic ring is 1. The van der Waals surface area contributed by atoms with Crippen LogP contribution >= 0.6 is 0 Å². The summed E-state index contributed by atoms with van der Waals surface area (Å²) in [6, 6.07) is 5.75. The number of hydrogen-bond acceptors (Lipinski definition) is 6. The Labute approximate surface area is 129 Å². The fraction of sp³-hybridized carbons (Fsp3) is 0.467. The number of amides is 1. The zero-order valence-corrected chi connectivity index (χ0v) is 13.1. The molecule has 0 saturated carbocycles. The minimum absolute atomic E-state index is 0.412. The van der Waals surface area contributed by atoms with Crippen molar-refractivity contribution >= 4 is 28.9 Å². The number of nitrogens with zero attached hydrogens (tertiary/aromatic N) is 1. The zero-order chi connectivity index (χ0) is 16.2. The van der Waals surface area contributed by atoms with Crippen molar-refractivity contribution in [2.75, 3.05) is 24.1 Å². The van der Waals surface area contributed by atoms with E-state index >= 15 is 0 Å². The summed E-state index contributed by atoms with van der Waals surface area (Å²) in [7, 11) is 0. The van der Waals surface area contributed by atoms with Crippen molar-refractivity contribution in [1.29, 1.82) is 0 Å². The van der Waals surface area contributed by atoms with Gasteiger partial charge in [0.1, 0.15) is 11.1 Å². The number of nitrogens with one attached hydrogen (secondary N) is 2. The summed E-state index contributed by atoms with van der Waals surface area (Å²) >= 11 is 0. The number of fused-ring (bicyclic) bond motifs is 1. The van der Waals surface area contributed by atoms with Gasteiger partial charge in [-0.3, -0.25) is 0 Å². The molecule has 0 aliphatic carbocycles. The second-order valence-corrected chi connectivity index (χ2v) is 5.96. The Morgan fingerprint density at radius 2 is 2.14 bits per heavy atom. The van der Waals surface area contributed by atoms with Gasteiger partial charge in [0.25, 0.3) is 6.01 Å². The Bertz CT molecular complexity index is 646. The number of carbonyl (C=O) groups excluding carboxylic acids is 1. The molecule has 1 aromatic carbocycles. The highest BCUT2D eigenvalue weighted by Gasteiger charge is 2.15. The molecule has 7 nitrogen and oxygen atoms in total. The molecule has 0 unspecified atom stereocenters.